The summed E-state index contributed by atoms with van der Waals surface area (Å²) in [5, 5.41) is 0. The molecule has 1 heteroatoms. The normalized spacial score (nSPS) is 12.1. The minimum Gasteiger partial charge on any atom is -0.330 e. The van der Waals surface area contributed by atoms with E-state index in [4.69, 9.17) is 5.73 Å². The van der Waals surface area contributed by atoms with Crippen LogP contribution in [0.15, 0.2) is 11.6 Å². The average Bonchev–Trinajstić information content (AvgIpc) is 1.98. The number of hydrogen-bond acceptors (Lipinski definition) is 1. The van der Waals surface area contributed by atoms with Gasteiger partial charge in [0.25, 0.3) is 0 Å². The Bertz CT molecular complexity index is 94.9. The van der Waals surface area contributed by atoms with Crippen LogP contribution in [0.5, 0.6) is 0 Å². The molecule has 0 radical (unpaired) electrons. The third kappa shape index (κ3) is 4.57. The monoisotopic (exact) mass is 141 g/mol. The van der Waals surface area contributed by atoms with Crippen molar-refractivity contribution in [2.24, 2.45) is 5.73 Å². The lowest BCUT2D eigenvalue weighted by Crippen LogP contribution is -1.99. The number of allylic oxidation sites excluding steroid dienone is 1. The van der Waals surface area contributed by atoms with Gasteiger partial charge in [0.1, 0.15) is 0 Å². The minimum absolute atomic E-state index is 0.795. The molecule has 0 aromatic carbocycles. The molecule has 10 heavy (non-hydrogen) atoms. The average molecular weight is 141 g/mol. The lowest BCUT2D eigenvalue weighted by Gasteiger charge is -2.00. The van der Waals surface area contributed by atoms with Crippen molar-refractivity contribution in [3.05, 3.63) is 11.6 Å². The number of rotatable bonds is 5. The van der Waals surface area contributed by atoms with E-state index in [2.05, 4.69) is 19.9 Å². The van der Waals surface area contributed by atoms with Crippen LogP contribution in [0.1, 0.15) is 39.5 Å². The molecule has 0 aliphatic heterocycles. The van der Waals surface area contributed by atoms with Gasteiger partial charge < -0.3 is 5.73 Å². The molecule has 0 amide bonds. The van der Waals surface area contributed by atoms with Crippen LogP contribution in [0.3, 0.4) is 0 Å². The quantitative estimate of drug-likeness (QED) is 0.585. The molecule has 0 aliphatic rings. The molecular formula is C9H19N. The second-order valence-electron chi connectivity index (χ2n) is 2.54. The summed E-state index contributed by atoms with van der Waals surface area (Å²) in [7, 11) is 0. The summed E-state index contributed by atoms with van der Waals surface area (Å²) in [6, 6.07) is 0. The molecule has 0 spiro atoms. The van der Waals surface area contributed by atoms with Gasteiger partial charge in [-0.25, -0.2) is 0 Å². The molecule has 0 saturated carbocycles. The number of hydrogen-bond donors (Lipinski definition) is 1. The third-order valence-corrected chi connectivity index (χ3v) is 1.64. The summed E-state index contributed by atoms with van der Waals surface area (Å²) < 4.78 is 0. The highest BCUT2D eigenvalue weighted by Crippen LogP contribution is 2.06. The van der Waals surface area contributed by atoms with Gasteiger partial charge >= 0.3 is 0 Å². The first-order valence-corrected chi connectivity index (χ1v) is 4.23. The van der Waals surface area contributed by atoms with Crippen molar-refractivity contribution >= 4 is 0 Å². The SMILES string of the molecule is CCC/C=C(/CC)CCN. The molecule has 2 N–H and O–H groups in total. The van der Waals surface area contributed by atoms with Crippen molar-refractivity contribution in [2.75, 3.05) is 6.54 Å². The summed E-state index contributed by atoms with van der Waals surface area (Å²) in [6.07, 6.45) is 7.03. The van der Waals surface area contributed by atoms with E-state index in [9.17, 15) is 0 Å². The highest BCUT2D eigenvalue weighted by Gasteiger charge is 1.89. The van der Waals surface area contributed by atoms with Crippen LogP contribution >= 0.6 is 0 Å². The van der Waals surface area contributed by atoms with E-state index in [1.165, 1.54) is 18.4 Å². The highest BCUT2D eigenvalue weighted by atomic mass is 14.5. The highest BCUT2D eigenvalue weighted by molar-refractivity contribution is 5.00. The second kappa shape index (κ2) is 6.81. The zero-order valence-corrected chi connectivity index (χ0v) is 7.19. The third-order valence-electron chi connectivity index (χ3n) is 1.64. The van der Waals surface area contributed by atoms with Crippen LogP contribution < -0.4 is 5.73 Å². The molecular weight excluding hydrogens is 122 g/mol. The van der Waals surface area contributed by atoms with Gasteiger partial charge in [-0.2, -0.15) is 0 Å². The first kappa shape index (κ1) is 9.70. The standard InChI is InChI=1S/C9H19N/c1-3-5-6-9(4-2)7-8-10/h6H,3-5,7-8,10H2,1-2H3/b9-6-. The molecule has 0 unspecified atom stereocenters. The van der Waals surface area contributed by atoms with E-state index < -0.39 is 0 Å². The van der Waals surface area contributed by atoms with Gasteiger partial charge in [0, 0.05) is 0 Å². The van der Waals surface area contributed by atoms with Gasteiger partial charge in [0.05, 0.1) is 0 Å². The molecule has 60 valence electrons. The van der Waals surface area contributed by atoms with E-state index in [1.807, 2.05) is 0 Å². The Labute approximate surface area is 64.3 Å². The van der Waals surface area contributed by atoms with Gasteiger partial charge in [-0.05, 0) is 25.8 Å². The van der Waals surface area contributed by atoms with Gasteiger partial charge in [0.2, 0.25) is 0 Å². The van der Waals surface area contributed by atoms with Crippen LogP contribution in [0.4, 0.5) is 0 Å². The van der Waals surface area contributed by atoms with E-state index in [0.29, 0.717) is 0 Å². The maximum Gasteiger partial charge on any atom is -0.00399 e. The van der Waals surface area contributed by atoms with Crippen molar-refractivity contribution in [1.82, 2.24) is 0 Å². The molecule has 0 fully saturated rings. The van der Waals surface area contributed by atoms with Crippen LogP contribution in [0.25, 0.3) is 0 Å². The largest absolute Gasteiger partial charge is 0.330 e. The summed E-state index contributed by atoms with van der Waals surface area (Å²) in [5.74, 6) is 0. The van der Waals surface area contributed by atoms with Crippen molar-refractivity contribution in [2.45, 2.75) is 39.5 Å². The topological polar surface area (TPSA) is 26.0 Å². The molecule has 0 atom stereocenters. The van der Waals surface area contributed by atoms with E-state index in [-0.39, 0.29) is 0 Å². The number of unbranched alkanes of at least 4 members (excludes halogenated alkanes) is 1. The fourth-order valence-corrected chi connectivity index (χ4v) is 0.957. The second-order valence-corrected chi connectivity index (χ2v) is 2.54. The Morgan fingerprint density at radius 3 is 2.50 bits per heavy atom. The maximum absolute atomic E-state index is 5.44. The van der Waals surface area contributed by atoms with Crippen molar-refractivity contribution in [1.29, 1.82) is 0 Å². The van der Waals surface area contributed by atoms with Crippen molar-refractivity contribution in [3.63, 3.8) is 0 Å². The smallest absolute Gasteiger partial charge is 0.00399 e. The van der Waals surface area contributed by atoms with E-state index in [1.54, 1.807) is 0 Å². The molecule has 1 nitrogen and oxygen atoms in total. The van der Waals surface area contributed by atoms with Crippen molar-refractivity contribution in [3.8, 4) is 0 Å². The Morgan fingerprint density at radius 1 is 1.40 bits per heavy atom. The zero-order chi connectivity index (χ0) is 7.82. The Morgan fingerprint density at radius 2 is 2.10 bits per heavy atom. The summed E-state index contributed by atoms with van der Waals surface area (Å²) >= 11 is 0. The van der Waals surface area contributed by atoms with Crippen molar-refractivity contribution < 1.29 is 0 Å². The summed E-state index contributed by atoms with van der Waals surface area (Å²) in [4.78, 5) is 0. The lowest BCUT2D eigenvalue weighted by molar-refractivity contribution is 0.861. The van der Waals surface area contributed by atoms with Gasteiger partial charge in [0.15, 0.2) is 0 Å². The van der Waals surface area contributed by atoms with Gasteiger partial charge in [-0.1, -0.05) is 31.9 Å². The Hall–Kier alpha value is -0.300. The van der Waals surface area contributed by atoms with Crippen LogP contribution in [0, 0.1) is 0 Å². The first-order chi connectivity index (χ1) is 4.85. The molecule has 0 aromatic heterocycles. The molecule has 0 bridgehead atoms. The molecule has 0 saturated heterocycles. The molecule has 0 rings (SSSR count). The Balaban J connectivity index is 3.55. The lowest BCUT2D eigenvalue weighted by atomic mass is 10.1. The van der Waals surface area contributed by atoms with E-state index in [0.717, 1.165) is 19.4 Å². The predicted molar refractivity (Wildman–Crippen MR) is 47.0 cm³/mol. The number of nitrogens with two attached hydrogens (primary N) is 1. The van der Waals surface area contributed by atoms with Crippen LogP contribution in [0.2, 0.25) is 0 Å². The van der Waals surface area contributed by atoms with Crippen LogP contribution in [-0.4, -0.2) is 6.54 Å². The van der Waals surface area contributed by atoms with E-state index >= 15 is 0 Å². The summed E-state index contributed by atoms with van der Waals surface area (Å²) in [6.45, 7) is 5.19. The Kier molecular flexibility index (Phi) is 6.61. The molecule has 0 heterocycles. The maximum atomic E-state index is 5.44. The minimum atomic E-state index is 0.795. The first-order valence-electron chi connectivity index (χ1n) is 4.23. The molecule has 0 aromatic rings. The molecule has 0 aliphatic carbocycles. The summed E-state index contributed by atoms with van der Waals surface area (Å²) in [5.41, 5.74) is 6.95. The van der Waals surface area contributed by atoms with Crippen LogP contribution in [-0.2, 0) is 0 Å². The van der Waals surface area contributed by atoms with Gasteiger partial charge in [-0.3, -0.25) is 0 Å². The fourth-order valence-electron chi connectivity index (χ4n) is 0.957. The predicted octanol–water partition coefficient (Wildman–Crippen LogP) is 2.47. The zero-order valence-electron chi connectivity index (χ0n) is 7.19. The van der Waals surface area contributed by atoms with Gasteiger partial charge in [-0.15, -0.1) is 0 Å². The fraction of sp³-hybridized carbons (Fsp3) is 0.778.